The lowest BCUT2D eigenvalue weighted by atomic mass is 10.1. The molecule has 4 aromatic rings. The average molecular weight is 425 g/mol. The van der Waals surface area contributed by atoms with Crippen LogP contribution in [0.1, 0.15) is 54.8 Å². The summed E-state index contributed by atoms with van der Waals surface area (Å²) in [5.41, 5.74) is 3.95. The van der Waals surface area contributed by atoms with E-state index in [9.17, 15) is 4.79 Å². The third kappa shape index (κ3) is 4.12. The predicted octanol–water partition coefficient (Wildman–Crippen LogP) is 4.51. The molecule has 1 amide bonds. The van der Waals surface area contributed by atoms with Gasteiger partial charge in [-0.2, -0.15) is 0 Å². The SMILES string of the molecule is CC(C)n1cnnc1-c1cccc(C(=O)Nc2cc(-c3ccc(C4CC4)nc3)ccn2)n1. The number of carbonyl (C=O) groups is 1. The second-order valence-electron chi connectivity index (χ2n) is 8.19. The monoisotopic (exact) mass is 425 g/mol. The predicted molar refractivity (Wildman–Crippen MR) is 121 cm³/mol. The molecule has 4 heterocycles. The summed E-state index contributed by atoms with van der Waals surface area (Å²) in [6, 6.07) is 13.3. The van der Waals surface area contributed by atoms with Gasteiger partial charge in [0.05, 0.1) is 0 Å². The van der Waals surface area contributed by atoms with Crippen LogP contribution < -0.4 is 5.32 Å². The Bertz CT molecular complexity index is 1260. The highest BCUT2D eigenvalue weighted by Crippen LogP contribution is 2.39. The van der Waals surface area contributed by atoms with Gasteiger partial charge in [0.2, 0.25) is 0 Å². The fourth-order valence-corrected chi connectivity index (χ4v) is 3.55. The maximum Gasteiger partial charge on any atom is 0.275 e. The Hall–Kier alpha value is -3.94. The van der Waals surface area contributed by atoms with E-state index in [1.54, 1.807) is 24.7 Å². The Morgan fingerprint density at radius 2 is 1.97 bits per heavy atom. The topological polar surface area (TPSA) is 98.5 Å². The number of nitrogens with one attached hydrogen (secondary N) is 1. The van der Waals surface area contributed by atoms with Crippen molar-refractivity contribution in [2.45, 2.75) is 38.6 Å². The number of pyridine rings is 3. The lowest BCUT2D eigenvalue weighted by Crippen LogP contribution is -2.15. The van der Waals surface area contributed by atoms with Crippen molar-refractivity contribution in [3.8, 4) is 22.6 Å². The standard InChI is InChI=1S/C24H23N7O/c1-15(2)31-14-27-30-23(31)20-4-3-5-21(28-20)24(32)29-22-12-17(10-11-25-22)18-8-9-19(26-13-18)16-6-7-16/h3-5,8-16H,6-7H2,1-2H3,(H,25,29,32). The zero-order valence-electron chi connectivity index (χ0n) is 17.9. The van der Waals surface area contributed by atoms with Gasteiger partial charge in [0.25, 0.3) is 5.91 Å². The number of carbonyl (C=O) groups excluding carboxylic acids is 1. The zero-order chi connectivity index (χ0) is 22.1. The molecule has 8 nitrogen and oxygen atoms in total. The molecule has 32 heavy (non-hydrogen) atoms. The third-order valence-electron chi connectivity index (χ3n) is 5.46. The highest BCUT2D eigenvalue weighted by molar-refractivity contribution is 6.02. The van der Waals surface area contributed by atoms with E-state index in [-0.39, 0.29) is 17.6 Å². The highest BCUT2D eigenvalue weighted by Gasteiger charge is 2.24. The van der Waals surface area contributed by atoms with Gasteiger partial charge < -0.3 is 9.88 Å². The van der Waals surface area contributed by atoms with Gasteiger partial charge in [-0.25, -0.2) is 9.97 Å². The molecule has 0 aliphatic heterocycles. The van der Waals surface area contributed by atoms with Gasteiger partial charge in [0, 0.05) is 35.6 Å². The summed E-state index contributed by atoms with van der Waals surface area (Å²) < 4.78 is 1.91. The van der Waals surface area contributed by atoms with Crippen molar-refractivity contribution in [1.82, 2.24) is 29.7 Å². The summed E-state index contributed by atoms with van der Waals surface area (Å²) in [5, 5.41) is 11.0. The van der Waals surface area contributed by atoms with Gasteiger partial charge in [0.15, 0.2) is 5.82 Å². The normalized spacial score (nSPS) is 13.3. The van der Waals surface area contributed by atoms with E-state index in [2.05, 4.69) is 42.6 Å². The minimum absolute atomic E-state index is 0.180. The van der Waals surface area contributed by atoms with Gasteiger partial charge in [-0.1, -0.05) is 12.1 Å². The third-order valence-corrected chi connectivity index (χ3v) is 5.46. The van der Waals surface area contributed by atoms with Gasteiger partial charge in [-0.05, 0) is 62.6 Å². The lowest BCUT2D eigenvalue weighted by molar-refractivity contribution is 0.102. The van der Waals surface area contributed by atoms with Crippen molar-refractivity contribution in [1.29, 1.82) is 0 Å². The van der Waals surface area contributed by atoms with E-state index >= 15 is 0 Å². The molecule has 1 aliphatic carbocycles. The van der Waals surface area contributed by atoms with E-state index in [1.807, 2.05) is 42.8 Å². The van der Waals surface area contributed by atoms with Crippen LogP contribution in [0.15, 0.2) is 61.2 Å². The van der Waals surface area contributed by atoms with Crippen molar-refractivity contribution in [2.24, 2.45) is 0 Å². The van der Waals surface area contributed by atoms with E-state index in [0.29, 0.717) is 23.3 Å². The number of hydrogen-bond donors (Lipinski definition) is 1. The largest absolute Gasteiger partial charge is 0.310 e. The van der Waals surface area contributed by atoms with E-state index < -0.39 is 0 Å². The quantitative estimate of drug-likeness (QED) is 0.488. The van der Waals surface area contributed by atoms with Crippen LogP contribution in [0.25, 0.3) is 22.6 Å². The Kier molecular flexibility index (Phi) is 5.18. The molecule has 0 saturated heterocycles. The van der Waals surface area contributed by atoms with Crippen LogP contribution in [-0.4, -0.2) is 35.6 Å². The molecular formula is C24H23N7O. The fraction of sp³-hybridized carbons (Fsp3) is 0.250. The molecule has 0 aromatic carbocycles. The Balaban J connectivity index is 1.35. The molecule has 1 N–H and O–H groups in total. The number of hydrogen-bond acceptors (Lipinski definition) is 6. The van der Waals surface area contributed by atoms with Gasteiger partial charge in [0.1, 0.15) is 23.5 Å². The van der Waals surface area contributed by atoms with Gasteiger partial charge >= 0.3 is 0 Å². The number of nitrogens with zero attached hydrogens (tertiary/aromatic N) is 6. The first-order chi connectivity index (χ1) is 15.6. The van der Waals surface area contributed by atoms with Crippen molar-refractivity contribution in [3.05, 3.63) is 72.6 Å². The van der Waals surface area contributed by atoms with Crippen molar-refractivity contribution in [3.63, 3.8) is 0 Å². The maximum atomic E-state index is 12.9. The smallest absolute Gasteiger partial charge is 0.275 e. The summed E-state index contributed by atoms with van der Waals surface area (Å²) in [7, 11) is 0. The average Bonchev–Trinajstić information content (AvgIpc) is 3.55. The molecule has 8 heteroatoms. The number of rotatable bonds is 6. The number of anilines is 1. The first kappa shape index (κ1) is 20.0. The molecule has 0 atom stereocenters. The molecule has 1 saturated carbocycles. The molecular weight excluding hydrogens is 402 g/mol. The van der Waals surface area contributed by atoms with Crippen LogP contribution >= 0.6 is 0 Å². The zero-order valence-corrected chi connectivity index (χ0v) is 17.9. The molecule has 1 aliphatic rings. The second-order valence-corrected chi connectivity index (χ2v) is 8.19. The Morgan fingerprint density at radius 3 is 2.72 bits per heavy atom. The molecule has 160 valence electrons. The summed E-state index contributed by atoms with van der Waals surface area (Å²) in [5.74, 6) is 1.36. The molecule has 0 unspecified atom stereocenters. The van der Waals surface area contributed by atoms with E-state index in [0.717, 1.165) is 16.8 Å². The second kappa shape index (κ2) is 8.30. The van der Waals surface area contributed by atoms with Crippen molar-refractivity contribution >= 4 is 11.7 Å². The lowest BCUT2D eigenvalue weighted by Gasteiger charge is -2.10. The minimum Gasteiger partial charge on any atom is -0.310 e. The Morgan fingerprint density at radius 1 is 1.09 bits per heavy atom. The fourth-order valence-electron chi connectivity index (χ4n) is 3.55. The van der Waals surface area contributed by atoms with Crippen LogP contribution in [0.4, 0.5) is 5.82 Å². The van der Waals surface area contributed by atoms with Crippen LogP contribution in [0.5, 0.6) is 0 Å². The van der Waals surface area contributed by atoms with E-state index in [1.165, 1.54) is 12.8 Å². The van der Waals surface area contributed by atoms with Crippen molar-refractivity contribution in [2.75, 3.05) is 5.32 Å². The maximum absolute atomic E-state index is 12.9. The molecule has 1 fully saturated rings. The summed E-state index contributed by atoms with van der Waals surface area (Å²) in [6.45, 7) is 4.08. The molecule has 4 aromatic heterocycles. The molecule has 0 spiro atoms. The van der Waals surface area contributed by atoms with Gasteiger partial charge in [-0.15, -0.1) is 10.2 Å². The molecule has 0 bridgehead atoms. The Labute approximate surface area is 185 Å². The van der Waals surface area contributed by atoms with Crippen LogP contribution in [0.3, 0.4) is 0 Å². The van der Waals surface area contributed by atoms with Gasteiger partial charge in [-0.3, -0.25) is 9.78 Å². The summed E-state index contributed by atoms with van der Waals surface area (Å²) >= 11 is 0. The number of aromatic nitrogens is 6. The van der Waals surface area contributed by atoms with Crippen LogP contribution in [0.2, 0.25) is 0 Å². The van der Waals surface area contributed by atoms with Crippen LogP contribution in [-0.2, 0) is 0 Å². The van der Waals surface area contributed by atoms with Crippen molar-refractivity contribution < 1.29 is 4.79 Å². The number of amides is 1. The highest BCUT2D eigenvalue weighted by atomic mass is 16.1. The van der Waals surface area contributed by atoms with Crippen LogP contribution in [0, 0.1) is 0 Å². The summed E-state index contributed by atoms with van der Waals surface area (Å²) in [6.07, 6.45) is 7.67. The first-order valence-electron chi connectivity index (χ1n) is 10.7. The van der Waals surface area contributed by atoms with E-state index in [4.69, 9.17) is 0 Å². The summed E-state index contributed by atoms with van der Waals surface area (Å²) in [4.78, 5) is 26.2. The minimum atomic E-state index is -0.339. The molecule has 0 radical (unpaired) electrons. The molecule has 5 rings (SSSR count). The first-order valence-corrected chi connectivity index (χ1v) is 10.7.